The van der Waals surface area contributed by atoms with Crippen LogP contribution in [0.5, 0.6) is 5.75 Å². The number of benzene rings is 2. The average molecular weight is 375 g/mol. The number of rotatable bonds is 6. The van der Waals surface area contributed by atoms with Crippen LogP contribution in [-0.2, 0) is 11.2 Å². The first kappa shape index (κ1) is 19.3. The fourth-order valence-electron chi connectivity index (χ4n) is 2.81. The van der Waals surface area contributed by atoms with Crippen molar-refractivity contribution in [3.63, 3.8) is 0 Å². The first-order chi connectivity index (χ1) is 13.7. The Kier molecular flexibility index (Phi) is 6.52. The Bertz CT molecular complexity index is 925. The molecule has 0 fully saturated rings. The first-order valence-corrected chi connectivity index (χ1v) is 9.12. The standard InChI is InChI=1S/C23H25N3O2/c1-27-21-7-3-5-18(15-21)19-6-4-8-23(28-2)26-22(16-19)25-14-13-17-9-11-20(24)12-10-17/h3-12,15-16H,13-14,24H2,1-2H3,(H,25,26). The topological polar surface area (TPSA) is 68.9 Å². The van der Waals surface area contributed by atoms with E-state index in [9.17, 15) is 0 Å². The van der Waals surface area contributed by atoms with Crippen molar-refractivity contribution in [2.45, 2.75) is 6.42 Å². The van der Waals surface area contributed by atoms with Crippen molar-refractivity contribution >= 4 is 17.1 Å². The van der Waals surface area contributed by atoms with Crippen molar-refractivity contribution in [2.24, 2.45) is 4.99 Å². The van der Waals surface area contributed by atoms with Crippen molar-refractivity contribution in [3.05, 3.63) is 89.8 Å². The van der Waals surface area contributed by atoms with Crippen LogP contribution in [0.2, 0.25) is 0 Å². The average Bonchev–Trinajstić information content (AvgIpc) is 2.71. The second-order valence-electron chi connectivity index (χ2n) is 6.31. The summed E-state index contributed by atoms with van der Waals surface area (Å²) in [6, 6.07) is 15.8. The third-order valence-electron chi connectivity index (χ3n) is 4.35. The molecule has 2 aromatic carbocycles. The van der Waals surface area contributed by atoms with Gasteiger partial charge in [0, 0.05) is 12.2 Å². The Hall–Kier alpha value is -3.47. The zero-order valence-electron chi connectivity index (χ0n) is 16.2. The number of anilines is 1. The summed E-state index contributed by atoms with van der Waals surface area (Å²) in [5.41, 5.74) is 9.80. The van der Waals surface area contributed by atoms with Crippen LogP contribution in [0.25, 0.3) is 5.57 Å². The number of hydrogen-bond acceptors (Lipinski definition) is 4. The van der Waals surface area contributed by atoms with Crippen LogP contribution in [0.4, 0.5) is 5.69 Å². The van der Waals surface area contributed by atoms with E-state index in [1.807, 2.05) is 72.8 Å². The van der Waals surface area contributed by atoms with E-state index in [0.29, 0.717) is 12.4 Å². The first-order valence-electron chi connectivity index (χ1n) is 9.12. The fraction of sp³-hybridized carbons (Fsp3) is 0.174. The Morgan fingerprint density at radius 2 is 1.86 bits per heavy atom. The van der Waals surface area contributed by atoms with Gasteiger partial charge in [-0.1, -0.05) is 36.4 Å². The Morgan fingerprint density at radius 3 is 2.61 bits per heavy atom. The minimum atomic E-state index is 0.642. The second-order valence-corrected chi connectivity index (χ2v) is 6.31. The zero-order chi connectivity index (χ0) is 19.8. The molecule has 28 heavy (non-hydrogen) atoms. The molecule has 1 aliphatic rings. The number of methoxy groups -OCH3 is 2. The third kappa shape index (κ3) is 5.27. The Labute approximate surface area is 165 Å². The number of nitrogen functional groups attached to an aromatic ring is 1. The molecule has 2 aromatic rings. The van der Waals surface area contributed by atoms with Crippen molar-refractivity contribution in [1.82, 2.24) is 5.32 Å². The molecule has 0 saturated carbocycles. The summed E-state index contributed by atoms with van der Waals surface area (Å²) < 4.78 is 10.7. The maximum Gasteiger partial charge on any atom is 0.191 e. The maximum absolute atomic E-state index is 5.75. The number of nitrogens with one attached hydrogen (secondary N) is 1. The molecule has 0 atom stereocenters. The number of nitrogens with zero attached hydrogens (tertiary/aromatic N) is 1. The molecular weight excluding hydrogens is 350 g/mol. The van der Waals surface area contributed by atoms with E-state index in [4.69, 9.17) is 20.2 Å². The van der Waals surface area contributed by atoms with E-state index in [0.717, 1.165) is 34.8 Å². The summed E-state index contributed by atoms with van der Waals surface area (Å²) in [6.07, 6.45) is 8.70. The Morgan fingerprint density at radius 1 is 1.04 bits per heavy atom. The molecule has 0 aromatic heterocycles. The number of amidine groups is 1. The van der Waals surface area contributed by atoms with Crippen LogP contribution in [-0.4, -0.2) is 26.6 Å². The summed E-state index contributed by atoms with van der Waals surface area (Å²) >= 11 is 0. The van der Waals surface area contributed by atoms with Gasteiger partial charge in [0.05, 0.1) is 14.2 Å². The van der Waals surface area contributed by atoms with E-state index in [1.165, 1.54) is 5.56 Å². The van der Waals surface area contributed by atoms with Crippen molar-refractivity contribution < 1.29 is 9.47 Å². The molecule has 0 unspecified atom stereocenters. The van der Waals surface area contributed by atoms with E-state index >= 15 is 0 Å². The lowest BCUT2D eigenvalue weighted by Crippen LogP contribution is -2.23. The summed E-state index contributed by atoms with van der Waals surface area (Å²) in [6.45, 7) is 0.648. The molecule has 1 aliphatic heterocycles. The highest BCUT2D eigenvalue weighted by molar-refractivity contribution is 6.02. The summed E-state index contributed by atoms with van der Waals surface area (Å²) in [7, 11) is 3.30. The molecule has 0 amide bonds. The van der Waals surface area contributed by atoms with E-state index < -0.39 is 0 Å². The molecule has 3 N–H and O–H groups in total. The van der Waals surface area contributed by atoms with Gasteiger partial charge in [-0.2, -0.15) is 0 Å². The molecular formula is C23H25N3O2. The molecule has 0 saturated heterocycles. The third-order valence-corrected chi connectivity index (χ3v) is 4.35. The van der Waals surface area contributed by atoms with Crippen LogP contribution in [0.15, 0.2) is 83.7 Å². The molecule has 1 heterocycles. The number of aliphatic imine (C=N–C) groups is 1. The van der Waals surface area contributed by atoms with Crippen molar-refractivity contribution in [1.29, 1.82) is 0 Å². The van der Waals surface area contributed by atoms with Gasteiger partial charge in [-0.25, -0.2) is 0 Å². The number of nitrogens with two attached hydrogens (primary N) is 1. The quantitative estimate of drug-likeness (QED) is 0.750. The molecule has 144 valence electrons. The second kappa shape index (κ2) is 9.46. The lowest BCUT2D eigenvalue weighted by molar-refractivity contribution is 0.276. The van der Waals surface area contributed by atoms with Crippen molar-refractivity contribution in [2.75, 3.05) is 26.5 Å². The van der Waals surface area contributed by atoms with Gasteiger partial charge in [-0.05, 0) is 59.5 Å². The van der Waals surface area contributed by atoms with Gasteiger partial charge < -0.3 is 20.5 Å². The molecule has 5 nitrogen and oxygen atoms in total. The predicted octanol–water partition coefficient (Wildman–Crippen LogP) is 3.95. The largest absolute Gasteiger partial charge is 0.497 e. The van der Waals surface area contributed by atoms with Crippen LogP contribution >= 0.6 is 0 Å². The van der Waals surface area contributed by atoms with Crippen LogP contribution < -0.4 is 15.8 Å². The fourth-order valence-corrected chi connectivity index (χ4v) is 2.81. The number of ether oxygens (including phenoxy) is 2. The predicted molar refractivity (Wildman–Crippen MR) is 115 cm³/mol. The van der Waals surface area contributed by atoms with Gasteiger partial charge in [-0.3, -0.25) is 4.99 Å². The highest BCUT2D eigenvalue weighted by Crippen LogP contribution is 2.22. The Balaban J connectivity index is 1.84. The van der Waals surface area contributed by atoms with Crippen LogP contribution in [0.3, 0.4) is 0 Å². The maximum atomic E-state index is 5.75. The summed E-state index contributed by atoms with van der Waals surface area (Å²) in [5.74, 6) is 2.20. The van der Waals surface area contributed by atoms with Crippen LogP contribution in [0.1, 0.15) is 11.1 Å². The molecule has 0 bridgehead atoms. The van der Waals surface area contributed by atoms with Gasteiger partial charge in [0.15, 0.2) is 5.88 Å². The molecule has 5 heteroatoms. The smallest absolute Gasteiger partial charge is 0.191 e. The summed E-state index contributed by atoms with van der Waals surface area (Å²) in [4.78, 5) is 4.73. The number of hydrogen-bond donors (Lipinski definition) is 2. The van der Waals surface area contributed by atoms with Gasteiger partial charge >= 0.3 is 0 Å². The summed E-state index contributed by atoms with van der Waals surface area (Å²) in [5, 5.41) is 3.24. The van der Waals surface area contributed by atoms with Gasteiger partial charge in [-0.15, -0.1) is 0 Å². The normalized spacial score (nSPS) is 15.1. The lowest BCUT2D eigenvalue weighted by atomic mass is 10.0. The van der Waals surface area contributed by atoms with Gasteiger partial charge in [0.2, 0.25) is 0 Å². The molecule has 3 rings (SSSR count). The minimum Gasteiger partial charge on any atom is -0.497 e. The van der Waals surface area contributed by atoms with Gasteiger partial charge in [0.25, 0.3) is 0 Å². The minimum absolute atomic E-state index is 0.642. The van der Waals surface area contributed by atoms with E-state index in [1.54, 1.807) is 14.2 Å². The van der Waals surface area contributed by atoms with E-state index in [-0.39, 0.29) is 0 Å². The van der Waals surface area contributed by atoms with E-state index in [2.05, 4.69) is 5.32 Å². The molecule has 0 radical (unpaired) electrons. The van der Waals surface area contributed by atoms with Gasteiger partial charge in [0.1, 0.15) is 11.6 Å². The lowest BCUT2D eigenvalue weighted by Gasteiger charge is -2.13. The molecule has 0 aliphatic carbocycles. The SMILES string of the molecule is COC1=CC=CC(c2cccc(OC)c2)=CC(=NCCc2ccc(N)cc2)N1. The monoisotopic (exact) mass is 375 g/mol. The highest BCUT2D eigenvalue weighted by Gasteiger charge is 2.07. The van der Waals surface area contributed by atoms with Crippen molar-refractivity contribution in [3.8, 4) is 5.75 Å². The van der Waals surface area contributed by atoms with Crippen LogP contribution in [0, 0.1) is 0 Å². The highest BCUT2D eigenvalue weighted by atomic mass is 16.5. The number of allylic oxidation sites excluding steroid dienone is 4. The zero-order valence-corrected chi connectivity index (χ0v) is 16.2. The molecule has 0 spiro atoms.